The molecule has 0 fully saturated rings. The summed E-state index contributed by atoms with van der Waals surface area (Å²) in [6, 6.07) is 7.06. The van der Waals surface area contributed by atoms with Crippen LogP contribution in [-0.2, 0) is 4.79 Å². The highest BCUT2D eigenvalue weighted by molar-refractivity contribution is 7.80. The van der Waals surface area contributed by atoms with Crippen molar-refractivity contribution in [3.63, 3.8) is 0 Å². The highest BCUT2D eigenvalue weighted by atomic mass is 32.1. The van der Waals surface area contributed by atoms with Crippen LogP contribution < -0.4 is 20.8 Å². The van der Waals surface area contributed by atoms with Crippen molar-refractivity contribution in [2.45, 2.75) is 13.8 Å². The third kappa shape index (κ3) is 4.12. The monoisotopic (exact) mass is 363 g/mol. The van der Waals surface area contributed by atoms with Gasteiger partial charge in [-0.05, 0) is 62.5 Å². The van der Waals surface area contributed by atoms with Crippen molar-refractivity contribution in [1.82, 2.24) is 5.43 Å². The standard InChI is InChI=1S/C15H17N5O2S2/c1-3-22-11-6-4-10(5-7-11)20-13(21)12(8-17-15(20)24)9(2)18-19-14(16)23/h4-8,12H,3H2,1-2H3,(H3,16,19,23)/b18-9+. The van der Waals surface area contributed by atoms with Crippen LogP contribution in [-0.4, -0.2) is 34.7 Å². The van der Waals surface area contributed by atoms with E-state index in [1.807, 2.05) is 6.92 Å². The molecule has 0 aromatic heterocycles. The lowest BCUT2D eigenvalue weighted by Gasteiger charge is -2.28. The van der Waals surface area contributed by atoms with Gasteiger partial charge in [0.25, 0.3) is 0 Å². The second-order valence-corrected chi connectivity index (χ2v) is 5.67. The number of hydrogen-bond acceptors (Lipinski definition) is 5. The molecule has 0 spiro atoms. The van der Waals surface area contributed by atoms with Gasteiger partial charge in [0.15, 0.2) is 5.11 Å². The Kier molecular flexibility index (Phi) is 5.93. The molecule has 3 N–H and O–H groups in total. The summed E-state index contributed by atoms with van der Waals surface area (Å²) in [5.41, 5.74) is 8.90. The van der Waals surface area contributed by atoms with Crippen LogP contribution in [0, 0.1) is 5.92 Å². The molecule has 1 heterocycles. The van der Waals surface area contributed by atoms with Crippen molar-refractivity contribution in [2.75, 3.05) is 11.5 Å². The molecule has 0 saturated heterocycles. The molecule has 1 aliphatic rings. The molecule has 0 saturated carbocycles. The number of carbonyl (C=O) groups is 1. The van der Waals surface area contributed by atoms with Crippen LogP contribution in [0.4, 0.5) is 5.69 Å². The lowest BCUT2D eigenvalue weighted by Crippen LogP contribution is -2.46. The van der Waals surface area contributed by atoms with E-state index < -0.39 is 5.92 Å². The van der Waals surface area contributed by atoms with Gasteiger partial charge in [-0.3, -0.25) is 15.1 Å². The van der Waals surface area contributed by atoms with Gasteiger partial charge in [0.1, 0.15) is 11.7 Å². The molecule has 1 unspecified atom stereocenters. The molecule has 126 valence electrons. The highest BCUT2D eigenvalue weighted by Crippen LogP contribution is 2.24. The number of rotatable bonds is 5. The van der Waals surface area contributed by atoms with E-state index in [4.69, 9.17) is 34.9 Å². The number of ether oxygens (including phenoxy) is 1. The van der Waals surface area contributed by atoms with E-state index in [0.29, 0.717) is 18.0 Å². The predicted molar refractivity (Wildman–Crippen MR) is 103 cm³/mol. The first-order valence-corrected chi connectivity index (χ1v) is 8.00. The van der Waals surface area contributed by atoms with Gasteiger partial charge < -0.3 is 10.5 Å². The van der Waals surface area contributed by atoms with E-state index in [2.05, 4.69) is 15.5 Å². The predicted octanol–water partition coefficient (Wildman–Crippen LogP) is 1.61. The van der Waals surface area contributed by atoms with Crippen molar-refractivity contribution in [2.24, 2.45) is 21.7 Å². The van der Waals surface area contributed by atoms with Gasteiger partial charge in [0, 0.05) is 6.21 Å². The number of nitrogens with one attached hydrogen (secondary N) is 1. The third-order valence-electron chi connectivity index (χ3n) is 3.21. The molecule has 1 atom stereocenters. The van der Waals surface area contributed by atoms with Crippen LogP contribution in [0.25, 0.3) is 0 Å². The molecule has 9 heteroatoms. The number of anilines is 1. The van der Waals surface area contributed by atoms with E-state index in [0.717, 1.165) is 5.75 Å². The molecule has 24 heavy (non-hydrogen) atoms. The number of nitrogens with two attached hydrogens (primary N) is 1. The summed E-state index contributed by atoms with van der Waals surface area (Å²) in [4.78, 5) is 18.3. The Bertz CT molecular complexity index is 715. The molecule has 0 bridgehead atoms. The van der Waals surface area contributed by atoms with Gasteiger partial charge in [0.2, 0.25) is 11.0 Å². The Morgan fingerprint density at radius 2 is 2.12 bits per heavy atom. The van der Waals surface area contributed by atoms with Crippen LogP contribution >= 0.6 is 24.4 Å². The SMILES string of the molecule is CCOc1ccc(N2C(=O)C(/C(C)=N/NC(N)=S)C=NC2=S)cc1. The minimum Gasteiger partial charge on any atom is -0.494 e. The minimum atomic E-state index is -0.648. The average Bonchev–Trinajstić information content (AvgIpc) is 2.54. The largest absolute Gasteiger partial charge is 0.494 e. The van der Waals surface area contributed by atoms with Gasteiger partial charge in [0.05, 0.1) is 18.0 Å². The molecule has 7 nitrogen and oxygen atoms in total. The second kappa shape index (κ2) is 7.93. The van der Waals surface area contributed by atoms with Crippen molar-refractivity contribution in [1.29, 1.82) is 0 Å². The second-order valence-electron chi connectivity index (χ2n) is 4.87. The zero-order valence-corrected chi connectivity index (χ0v) is 14.9. The third-order valence-corrected chi connectivity index (χ3v) is 3.59. The highest BCUT2D eigenvalue weighted by Gasteiger charge is 2.32. The van der Waals surface area contributed by atoms with E-state index in [9.17, 15) is 4.79 Å². The summed E-state index contributed by atoms with van der Waals surface area (Å²) < 4.78 is 5.40. The summed E-state index contributed by atoms with van der Waals surface area (Å²) in [5, 5.41) is 4.19. The summed E-state index contributed by atoms with van der Waals surface area (Å²) in [5.74, 6) is -0.176. The molecule has 1 amide bonds. The molecule has 2 rings (SSSR count). The lowest BCUT2D eigenvalue weighted by molar-refractivity contribution is -0.118. The smallest absolute Gasteiger partial charge is 0.247 e. The first-order chi connectivity index (χ1) is 11.4. The Labute approximate surface area is 150 Å². The Balaban J connectivity index is 2.26. The lowest BCUT2D eigenvalue weighted by atomic mass is 10.0. The molecule has 0 aliphatic carbocycles. The van der Waals surface area contributed by atoms with Gasteiger partial charge in [-0.2, -0.15) is 5.10 Å². The van der Waals surface area contributed by atoms with E-state index in [-0.39, 0.29) is 16.1 Å². The van der Waals surface area contributed by atoms with E-state index in [1.54, 1.807) is 31.2 Å². The fourth-order valence-electron chi connectivity index (χ4n) is 2.09. The number of hydrogen-bond donors (Lipinski definition) is 2. The van der Waals surface area contributed by atoms with Crippen molar-refractivity contribution in [3.05, 3.63) is 24.3 Å². The normalized spacial score (nSPS) is 17.8. The van der Waals surface area contributed by atoms with E-state index in [1.165, 1.54) is 11.1 Å². The van der Waals surface area contributed by atoms with Crippen LogP contribution in [0.3, 0.4) is 0 Å². The van der Waals surface area contributed by atoms with E-state index >= 15 is 0 Å². The molecule has 1 aliphatic heterocycles. The molecular weight excluding hydrogens is 346 g/mol. The molecule has 1 aromatic rings. The van der Waals surface area contributed by atoms with Crippen molar-refractivity contribution < 1.29 is 9.53 Å². The first-order valence-electron chi connectivity index (χ1n) is 7.18. The van der Waals surface area contributed by atoms with Crippen LogP contribution in [0.2, 0.25) is 0 Å². The van der Waals surface area contributed by atoms with Gasteiger partial charge in [-0.1, -0.05) is 0 Å². The number of amides is 1. The van der Waals surface area contributed by atoms with Crippen LogP contribution in [0.15, 0.2) is 34.4 Å². The quantitative estimate of drug-likeness (QED) is 0.469. The Hall–Kier alpha value is -2.39. The minimum absolute atomic E-state index is 0.0217. The van der Waals surface area contributed by atoms with Gasteiger partial charge in [-0.25, -0.2) is 4.99 Å². The van der Waals surface area contributed by atoms with Gasteiger partial charge >= 0.3 is 0 Å². The Morgan fingerprint density at radius 3 is 2.71 bits per heavy atom. The number of thiocarbonyl (C=S) groups is 2. The summed E-state index contributed by atoms with van der Waals surface area (Å²) >= 11 is 9.89. The topological polar surface area (TPSA) is 92.3 Å². The molecular formula is C15H17N5O2S2. The van der Waals surface area contributed by atoms with Crippen LogP contribution in [0.1, 0.15) is 13.8 Å². The number of hydrazone groups is 1. The maximum Gasteiger partial charge on any atom is 0.247 e. The number of nitrogens with zero attached hydrogens (tertiary/aromatic N) is 3. The van der Waals surface area contributed by atoms with Gasteiger partial charge in [-0.15, -0.1) is 0 Å². The summed E-state index contributed by atoms with van der Waals surface area (Å²) in [6.45, 7) is 4.16. The van der Waals surface area contributed by atoms with Crippen LogP contribution in [0.5, 0.6) is 5.75 Å². The number of carbonyl (C=O) groups excluding carboxylic acids is 1. The zero-order chi connectivity index (χ0) is 17.7. The maximum atomic E-state index is 12.8. The molecule has 1 aromatic carbocycles. The summed E-state index contributed by atoms with van der Waals surface area (Å²) in [7, 11) is 0. The zero-order valence-electron chi connectivity index (χ0n) is 13.2. The number of aliphatic imine (C=N–C) groups is 1. The maximum absolute atomic E-state index is 12.8. The average molecular weight is 363 g/mol. The molecule has 0 radical (unpaired) electrons. The Morgan fingerprint density at radius 1 is 1.46 bits per heavy atom. The fraction of sp³-hybridized carbons (Fsp3) is 0.267. The summed E-state index contributed by atoms with van der Waals surface area (Å²) in [6.07, 6.45) is 1.47. The first kappa shape index (κ1) is 18.0. The number of benzene rings is 1. The fourth-order valence-corrected chi connectivity index (χ4v) is 2.39. The van der Waals surface area contributed by atoms with Crippen molar-refractivity contribution in [3.8, 4) is 5.75 Å². The van der Waals surface area contributed by atoms with Crippen molar-refractivity contribution >= 4 is 58.2 Å².